The van der Waals surface area contributed by atoms with E-state index >= 15 is 0 Å². The van der Waals surface area contributed by atoms with E-state index in [2.05, 4.69) is 15.7 Å². The summed E-state index contributed by atoms with van der Waals surface area (Å²) >= 11 is 0. The molecule has 0 spiro atoms. The monoisotopic (exact) mass is 244 g/mol. The van der Waals surface area contributed by atoms with Gasteiger partial charge in [0.25, 0.3) is 0 Å². The second-order valence-electron chi connectivity index (χ2n) is 3.99. The van der Waals surface area contributed by atoms with Gasteiger partial charge in [0, 0.05) is 6.20 Å². The van der Waals surface area contributed by atoms with E-state index in [1.54, 1.807) is 17.9 Å². The lowest BCUT2D eigenvalue weighted by Gasteiger charge is -2.02. The predicted octanol–water partition coefficient (Wildman–Crippen LogP) is 1.09. The van der Waals surface area contributed by atoms with Gasteiger partial charge < -0.3 is 10.6 Å². The van der Waals surface area contributed by atoms with Crippen LogP contribution in [-0.2, 0) is 11.3 Å². The standard InChI is InChI=1S/C13H16N4O/c1-14-8-13(18)16-12-7-15-17(10-12)9-11-5-3-2-4-6-11/h2-7,10,14H,8-9H2,1H3,(H,16,18). The van der Waals surface area contributed by atoms with E-state index < -0.39 is 0 Å². The van der Waals surface area contributed by atoms with Gasteiger partial charge in [-0.3, -0.25) is 9.48 Å². The number of nitrogens with one attached hydrogen (secondary N) is 2. The van der Waals surface area contributed by atoms with Gasteiger partial charge in [0.2, 0.25) is 5.91 Å². The summed E-state index contributed by atoms with van der Waals surface area (Å²) < 4.78 is 1.80. The highest BCUT2D eigenvalue weighted by Crippen LogP contribution is 2.07. The van der Waals surface area contributed by atoms with Gasteiger partial charge >= 0.3 is 0 Å². The van der Waals surface area contributed by atoms with Crippen LogP contribution in [0.15, 0.2) is 42.7 Å². The van der Waals surface area contributed by atoms with E-state index in [0.717, 1.165) is 0 Å². The molecule has 0 saturated carbocycles. The maximum Gasteiger partial charge on any atom is 0.238 e. The summed E-state index contributed by atoms with van der Waals surface area (Å²) in [5.74, 6) is -0.0724. The van der Waals surface area contributed by atoms with Gasteiger partial charge in [-0.1, -0.05) is 30.3 Å². The molecule has 1 aromatic carbocycles. The van der Waals surface area contributed by atoms with Crippen LogP contribution in [0.3, 0.4) is 0 Å². The van der Waals surface area contributed by atoms with Crippen LogP contribution in [0.4, 0.5) is 5.69 Å². The van der Waals surface area contributed by atoms with Crippen molar-refractivity contribution in [3.05, 3.63) is 48.3 Å². The zero-order valence-electron chi connectivity index (χ0n) is 10.3. The average molecular weight is 244 g/mol. The molecule has 0 unspecified atom stereocenters. The van der Waals surface area contributed by atoms with Crippen molar-refractivity contribution >= 4 is 11.6 Å². The first-order chi connectivity index (χ1) is 8.78. The van der Waals surface area contributed by atoms with Crippen molar-refractivity contribution in [2.24, 2.45) is 0 Å². The molecular formula is C13H16N4O. The van der Waals surface area contributed by atoms with Crippen molar-refractivity contribution in [2.45, 2.75) is 6.54 Å². The minimum absolute atomic E-state index is 0.0724. The fourth-order valence-corrected chi connectivity index (χ4v) is 1.65. The molecule has 0 saturated heterocycles. The molecule has 0 aliphatic rings. The van der Waals surface area contributed by atoms with Crippen molar-refractivity contribution in [1.82, 2.24) is 15.1 Å². The van der Waals surface area contributed by atoms with E-state index in [1.807, 2.05) is 36.5 Å². The molecule has 2 rings (SSSR count). The smallest absolute Gasteiger partial charge is 0.238 e. The molecule has 5 heteroatoms. The maximum atomic E-state index is 11.4. The highest BCUT2D eigenvalue weighted by Gasteiger charge is 2.03. The van der Waals surface area contributed by atoms with Crippen LogP contribution in [-0.4, -0.2) is 29.3 Å². The Morgan fingerprint density at radius 3 is 2.83 bits per heavy atom. The molecule has 0 atom stereocenters. The number of carbonyl (C=O) groups excluding carboxylic acids is 1. The normalized spacial score (nSPS) is 10.3. The fourth-order valence-electron chi connectivity index (χ4n) is 1.65. The SMILES string of the molecule is CNCC(=O)Nc1cnn(Cc2ccccc2)c1. The zero-order valence-corrected chi connectivity index (χ0v) is 10.3. The van der Waals surface area contributed by atoms with E-state index in [4.69, 9.17) is 0 Å². The van der Waals surface area contributed by atoms with Crippen LogP contribution in [0, 0.1) is 0 Å². The molecule has 0 radical (unpaired) electrons. The summed E-state index contributed by atoms with van der Waals surface area (Å²) in [7, 11) is 1.73. The number of likely N-dealkylation sites (N-methyl/N-ethyl adjacent to an activating group) is 1. The number of carbonyl (C=O) groups is 1. The molecular weight excluding hydrogens is 228 g/mol. The van der Waals surface area contributed by atoms with Gasteiger partial charge in [0.15, 0.2) is 0 Å². The van der Waals surface area contributed by atoms with Crippen LogP contribution in [0.2, 0.25) is 0 Å². The molecule has 0 aliphatic heterocycles. The second-order valence-corrected chi connectivity index (χ2v) is 3.99. The third-order valence-corrected chi connectivity index (χ3v) is 2.44. The Kier molecular flexibility index (Phi) is 4.09. The molecule has 0 bridgehead atoms. The highest BCUT2D eigenvalue weighted by molar-refractivity contribution is 5.91. The average Bonchev–Trinajstić information content (AvgIpc) is 2.78. The highest BCUT2D eigenvalue weighted by atomic mass is 16.1. The fraction of sp³-hybridized carbons (Fsp3) is 0.231. The van der Waals surface area contributed by atoms with Gasteiger partial charge in [0.05, 0.1) is 25.0 Å². The van der Waals surface area contributed by atoms with Crippen molar-refractivity contribution in [3.63, 3.8) is 0 Å². The van der Waals surface area contributed by atoms with Crippen LogP contribution in [0.5, 0.6) is 0 Å². The van der Waals surface area contributed by atoms with Crippen LogP contribution >= 0.6 is 0 Å². The lowest BCUT2D eigenvalue weighted by molar-refractivity contribution is -0.115. The summed E-state index contributed by atoms with van der Waals surface area (Å²) in [5, 5.41) is 9.77. The van der Waals surface area contributed by atoms with Gasteiger partial charge in [-0.2, -0.15) is 5.10 Å². The molecule has 1 amide bonds. The predicted molar refractivity (Wildman–Crippen MR) is 70.3 cm³/mol. The lowest BCUT2D eigenvalue weighted by atomic mass is 10.2. The van der Waals surface area contributed by atoms with Crippen molar-refractivity contribution < 1.29 is 4.79 Å². The Morgan fingerprint density at radius 2 is 2.11 bits per heavy atom. The Bertz CT molecular complexity index is 507. The van der Waals surface area contributed by atoms with E-state index in [-0.39, 0.29) is 5.91 Å². The maximum absolute atomic E-state index is 11.4. The molecule has 2 aromatic rings. The topological polar surface area (TPSA) is 59.0 Å². The molecule has 0 fully saturated rings. The van der Waals surface area contributed by atoms with Crippen molar-refractivity contribution in [3.8, 4) is 0 Å². The Balaban J connectivity index is 1.96. The molecule has 94 valence electrons. The summed E-state index contributed by atoms with van der Waals surface area (Å²) in [4.78, 5) is 11.4. The zero-order chi connectivity index (χ0) is 12.8. The third-order valence-electron chi connectivity index (χ3n) is 2.44. The van der Waals surface area contributed by atoms with Crippen molar-refractivity contribution in [1.29, 1.82) is 0 Å². The Labute approximate surface area is 106 Å². The van der Waals surface area contributed by atoms with Gasteiger partial charge in [-0.15, -0.1) is 0 Å². The minimum atomic E-state index is -0.0724. The number of hydrogen-bond donors (Lipinski definition) is 2. The lowest BCUT2D eigenvalue weighted by Crippen LogP contribution is -2.24. The third kappa shape index (κ3) is 3.43. The molecule has 1 heterocycles. The molecule has 18 heavy (non-hydrogen) atoms. The number of aromatic nitrogens is 2. The Morgan fingerprint density at radius 1 is 1.33 bits per heavy atom. The Hall–Kier alpha value is -2.14. The number of nitrogens with zero attached hydrogens (tertiary/aromatic N) is 2. The largest absolute Gasteiger partial charge is 0.322 e. The number of rotatable bonds is 5. The van der Waals surface area contributed by atoms with Gasteiger partial charge in [0.1, 0.15) is 0 Å². The first kappa shape index (κ1) is 12.3. The molecule has 2 N–H and O–H groups in total. The van der Waals surface area contributed by atoms with Gasteiger partial charge in [-0.05, 0) is 12.6 Å². The summed E-state index contributed by atoms with van der Waals surface area (Å²) in [6.07, 6.45) is 3.47. The van der Waals surface area contributed by atoms with Crippen LogP contribution in [0.1, 0.15) is 5.56 Å². The van der Waals surface area contributed by atoms with E-state index in [0.29, 0.717) is 18.8 Å². The molecule has 1 aromatic heterocycles. The van der Waals surface area contributed by atoms with E-state index in [1.165, 1.54) is 5.56 Å². The van der Waals surface area contributed by atoms with Crippen molar-refractivity contribution in [2.75, 3.05) is 18.9 Å². The number of anilines is 1. The molecule has 5 nitrogen and oxygen atoms in total. The van der Waals surface area contributed by atoms with Gasteiger partial charge in [-0.25, -0.2) is 0 Å². The minimum Gasteiger partial charge on any atom is -0.322 e. The number of benzene rings is 1. The first-order valence-corrected chi connectivity index (χ1v) is 5.79. The van der Waals surface area contributed by atoms with E-state index in [9.17, 15) is 4.79 Å². The summed E-state index contributed by atoms with van der Waals surface area (Å²) in [6.45, 7) is 0.993. The quantitative estimate of drug-likeness (QED) is 0.827. The second kappa shape index (κ2) is 5.97. The number of amides is 1. The summed E-state index contributed by atoms with van der Waals surface area (Å²) in [6, 6.07) is 10.1. The van der Waals surface area contributed by atoms with Crippen LogP contribution < -0.4 is 10.6 Å². The first-order valence-electron chi connectivity index (χ1n) is 5.79. The van der Waals surface area contributed by atoms with Crippen LogP contribution in [0.25, 0.3) is 0 Å². The number of hydrogen-bond acceptors (Lipinski definition) is 3. The summed E-state index contributed by atoms with van der Waals surface area (Å²) in [5.41, 5.74) is 1.89. The molecule has 0 aliphatic carbocycles.